The largest absolute Gasteiger partial charge is 0.385 e. The smallest absolute Gasteiger partial charge is 0.224 e. The minimum absolute atomic E-state index is 0.156. The Hall–Kier alpha value is -0.520. The Bertz CT molecular complexity index is 454. The average Bonchev–Trinajstić information content (AvgIpc) is 2.81. The molecule has 106 valence electrons. The fourth-order valence-corrected chi connectivity index (χ4v) is 3.20. The number of rotatable bonds is 6. The lowest BCUT2D eigenvalue weighted by Gasteiger charge is -2.25. The fraction of sp³-hybridized carbons (Fsp3) is 0.692. The van der Waals surface area contributed by atoms with Crippen molar-refractivity contribution in [2.45, 2.75) is 31.6 Å². The molecule has 0 saturated carbocycles. The number of fused-ring (bicyclic) bond motifs is 1. The molecule has 1 aromatic heterocycles. The van der Waals surface area contributed by atoms with Crippen molar-refractivity contribution in [1.29, 1.82) is 0 Å². The highest BCUT2D eigenvalue weighted by molar-refractivity contribution is 7.99. The van der Waals surface area contributed by atoms with Crippen molar-refractivity contribution in [2.75, 3.05) is 31.3 Å². The van der Waals surface area contributed by atoms with E-state index in [9.17, 15) is 0 Å². The summed E-state index contributed by atoms with van der Waals surface area (Å²) in [6.45, 7) is 6.05. The molecular formula is C13H20ClN3OS. The van der Waals surface area contributed by atoms with Crippen LogP contribution in [-0.4, -0.2) is 36.0 Å². The molecule has 1 aliphatic rings. The third-order valence-electron chi connectivity index (χ3n) is 3.21. The first-order valence-corrected chi connectivity index (χ1v) is 7.80. The maximum Gasteiger partial charge on any atom is 0.224 e. The number of methoxy groups -OCH3 is 1. The van der Waals surface area contributed by atoms with Crippen molar-refractivity contribution in [3.63, 3.8) is 0 Å². The molecule has 0 aromatic carbocycles. The van der Waals surface area contributed by atoms with E-state index in [1.54, 1.807) is 18.9 Å². The van der Waals surface area contributed by atoms with Crippen molar-refractivity contribution in [3.8, 4) is 0 Å². The number of nitrogens with one attached hydrogen (secondary N) is 1. The van der Waals surface area contributed by atoms with Gasteiger partial charge in [0.15, 0.2) is 0 Å². The number of aryl methyl sites for hydroxylation is 1. The van der Waals surface area contributed by atoms with E-state index in [0.29, 0.717) is 5.28 Å². The van der Waals surface area contributed by atoms with E-state index in [0.717, 1.165) is 48.2 Å². The molecule has 0 aliphatic carbocycles. The Labute approximate surface area is 123 Å². The molecule has 0 bridgehead atoms. The summed E-state index contributed by atoms with van der Waals surface area (Å²) in [5.41, 5.74) is 1.23. The van der Waals surface area contributed by atoms with Crippen molar-refractivity contribution < 1.29 is 4.74 Å². The van der Waals surface area contributed by atoms with Gasteiger partial charge < -0.3 is 10.1 Å². The van der Waals surface area contributed by atoms with Crippen molar-refractivity contribution in [2.24, 2.45) is 5.41 Å². The molecule has 0 unspecified atom stereocenters. The molecule has 1 aliphatic heterocycles. The van der Waals surface area contributed by atoms with Gasteiger partial charge in [-0.2, -0.15) is 4.98 Å². The third-order valence-corrected chi connectivity index (χ3v) is 4.51. The zero-order valence-corrected chi connectivity index (χ0v) is 13.2. The second kappa shape index (κ2) is 6.29. The van der Waals surface area contributed by atoms with E-state index >= 15 is 0 Å². The zero-order valence-electron chi connectivity index (χ0n) is 11.6. The quantitative estimate of drug-likeness (QED) is 0.817. The monoisotopic (exact) mass is 301 g/mol. The number of hydrogen-bond acceptors (Lipinski definition) is 5. The first-order valence-electron chi connectivity index (χ1n) is 6.44. The minimum atomic E-state index is 0.156. The van der Waals surface area contributed by atoms with Gasteiger partial charge in [0.05, 0.1) is 10.6 Å². The molecule has 19 heavy (non-hydrogen) atoms. The molecule has 0 atom stereocenters. The molecule has 1 aromatic rings. The standard InChI is InChI=1S/C13H20ClN3OS/c1-13(2,5-6-18-3)8-15-11-10-9(4-7-19-10)16-12(14)17-11/h4-8H2,1-3H3,(H,15,16,17). The number of ether oxygens (including phenoxy) is 1. The van der Waals surface area contributed by atoms with E-state index in [1.807, 2.05) is 0 Å². The summed E-state index contributed by atoms with van der Waals surface area (Å²) < 4.78 is 5.14. The van der Waals surface area contributed by atoms with Crippen LogP contribution in [0, 0.1) is 5.41 Å². The lowest BCUT2D eigenvalue weighted by atomic mass is 9.90. The first kappa shape index (κ1) is 14.9. The SMILES string of the molecule is COCCC(C)(C)CNc1nc(Cl)nc2c1SCC2. The first-order chi connectivity index (χ1) is 9.02. The van der Waals surface area contributed by atoms with Crippen LogP contribution in [0.5, 0.6) is 0 Å². The van der Waals surface area contributed by atoms with E-state index in [2.05, 4.69) is 29.1 Å². The molecular weight excluding hydrogens is 282 g/mol. The Morgan fingerprint density at radius 1 is 1.42 bits per heavy atom. The number of halogens is 1. The van der Waals surface area contributed by atoms with Gasteiger partial charge >= 0.3 is 0 Å². The van der Waals surface area contributed by atoms with Crippen LogP contribution >= 0.6 is 23.4 Å². The van der Waals surface area contributed by atoms with Gasteiger partial charge in [0, 0.05) is 32.4 Å². The Morgan fingerprint density at radius 2 is 2.21 bits per heavy atom. The van der Waals surface area contributed by atoms with Crippen LogP contribution in [0.15, 0.2) is 4.90 Å². The number of aromatic nitrogens is 2. The molecule has 4 nitrogen and oxygen atoms in total. The second-order valence-electron chi connectivity index (χ2n) is 5.48. The van der Waals surface area contributed by atoms with Gasteiger partial charge in [0.1, 0.15) is 5.82 Å². The average molecular weight is 302 g/mol. The van der Waals surface area contributed by atoms with Crippen LogP contribution in [0.1, 0.15) is 26.0 Å². The summed E-state index contributed by atoms with van der Waals surface area (Å²) in [6.07, 6.45) is 1.98. The normalized spacial score (nSPS) is 14.5. The molecule has 0 spiro atoms. The molecule has 2 rings (SSSR count). The molecule has 0 fully saturated rings. The van der Waals surface area contributed by atoms with Crippen LogP contribution in [0.25, 0.3) is 0 Å². The Morgan fingerprint density at radius 3 is 2.95 bits per heavy atom. The topological polar surface area (TPSA) is 47.0 Å². The molecule has 0 radical (unpaired) electrons. The summed E-state index contributed by atoms with van der Waals surface area (Å²) in [5.74, 6) is 1.94. The maximum atomic E-state index is 5.97. The zero-order chi connectivity index (χ0) is 13.9. The number of thioether (sulfide) groups is 1. The van der Waals surface area contributed by atoms with Crippen LogP contribution in [-0.2, 0) is 11.2 Å². The predicted molar refractivity (Wildman–Crippen MR) is 80.2 cm³/mol. The van der Waals surface area contributed by atoms with Gasteiger partial charge in [-0.25, -0.2) is 4.98 Å². The van der Waals surface area contributed by atoms with E-state index in [-0.39, 0.29) is 5.41 Å². The highest BCUT2D eigenvalue weighted by Crippen LogP contribution is 2.36. The number of nitrogens with zero attached hydrogens (tertiary/aromatic N) is 2. The number of anilines is 1. The summed E-state index contributed by atoms with van der Waals surface area (Å²) in [7, 11) is 1.73. The van der Waals surface area contributed by atoms with Crippen LogP contribution in [0.4, 0.5) is 5.82 Å². The number of hydrogen-bond donors (Lipinski definition) is 1. The molecule has 6 heteroatoms. The Kier molecular flexibility index (Phi) is 4.92. The van der Waals surface area contributed by atoms with Gasteiger partial charge in [-0.1, -0.05) is 13.8 Å². The summed E-state index contributed by atoms with van der Waals surface area (Å²) in [5, 5.41) is 3.75. The van der Waals surface area contributed by atoms with Gasteiger partial charge in [-0.05, 0) is 23.4 Å². The summed E-state index contributed by atoms with van der Waals surface area (Å²) in [6, 6.07) is 0. The van der Waals surface area contributed by atoms with Gasteiger partial charge in [0.2, 0.25) is 5.28 Å². The van der Waals surface area contributed by atoms with Crippen molar-refractivity contribution in [3.05, 3.63) is 11.0 Å². The summed E-state index contributed by atoms with van der Waals surface area (Å²) >= 11 is 7.77. The second-order valence-corrected chi connectivity index (χ2v) is 6.92. The highest BCUT2D eigenvalue weighted by Gasteiger charge is 2.22. The van der Waals surface area contributed by atoms with Gasteiger partial charge in [0.25, 0.3) is 0 Å². The van der Waals surface area contributed by atoms with Crippen molar-refractivity contribution in [1.82, 2.24) is 9.97 Å². The molecule has 2 heterocycles. The highest BCUT2D eigenvalue weighted by atomic mass is 35.5. The van der Waals surface area contributed by atoms with Gasteiger partial charge in [-0.3, -0.25) is 0 Å². The van der Waals surface area contributed by atoms with Crippen LogP contribution in [0.2, 0.25) is 5.28 Å². The fourth-order valence-electron chi connectivity index (χ4n) is 1.95. The van der Waals surface area contributed by atoms with E-state index in [1.165, 1.54) is 0 Å². The molecule has 1 N–H and O–H groups in total. The van der Waals surface area contributed by atoms with E-state index < -0.39 is 0 Å². The van der Waals surface area contributed by atoms with Crippen LogP contribution in [0.3, 0.4) is 0 Å². The third kappa shape index (κ3) is 3.97. The molecule has 0 saturated heterocycles. The predicted octanol–water partition coefficient (Wildman–Crippen LogP) is 3.25. The van der Waals surface area contributed by atoms with Crippen LogP contribution < -0.4 is 5.32 Å². The molecule has 0 amide bonds. The lowest BCUT2D eigenvalue weighted by Crippen LogP contribution is -2.25. The Balaban J connectivity index is 2.04. The minimum Gasteiger partial charge on any atom is -0.385 e. The maximum absolute atomic E-state index is 5.97. The lowest BCUT2D eigenvalue weighted by molar-refractivity contribution is 0.157. The van der Waals surface area contributed by atoms with E-state index in [4.69, 9.17) is 16.3 Å². The summed E-state index contributed by atoms with van der Waals surface area (Å²) in [4.78, 5) is 9.76. The van der Waals surface area contributed by atoms with Crippen molar-refractivity contribution >= 4 is 29.2 Å². The van der Waals surface area contributed by atoms with Gasteiger partial charge in [-0.15, -0.1) is 11.8 Å².